The highest BCUT2D eigenvalue weighted by atomic mass is 32.2. The van der Waals surface area contributed by atoms with Crippen LogP contribution in [0.15, 0.2) is 53.8 Å². The zero-order chi connectivity index (χ0) is 22.9. The molecule has 7 nitrogen and oxygen atoms in total. The molecule has 0 fully saturated rings. The van der Waals surface area contributed by atoms with Gasteiger partial charge in [-0.2, -0.15) is 4.98 Å². The van der Waals surface area contributed by atoms with Crippen LogP contribution < -0.4 is 9.47 Å². The van der Waals surface area contributed by atoms with Crippen molar-refractivity contribution in [1.29, 1.82) is 0 Å². The molecule has 1 aliphatic carbocycles. The van der Waals surface area contributed by atoms with Crippen molar-refractivity contribution in [2.75, 3.05) is 14.2 Å². The number of Topliss-reactive ketones (excluding diaryl/α,β-unsaturated/α-hetero) is 1. The first-order valence-corrected chi connectivity index (χ1v) is 11.7. The van der Waals surface area contributed by atoms with Crippen LogP contribution in [0.5, 0.6) is 11.5 Å². The van der Waals surface area contributed by atoms with E-state index in [1.54, 1.807) is 36.7 Å². The molecule has 2 heterocycles. The summed E-state index contributed by atoms with van der Waals surface area (Å²) in [7, 11) is 3.25. The third-order valence-electron chi connectivity index (χ3n) is 5.89. The fraction of sp³-hybridized carbons (Fsp3) is 0.280. The Hall–Kier alpha value is -3.39. The van der Waals surface area contributed by atoms with E-state index < -0.39 is 0 Å². The molecule has 33 heavy (non-hydrogen) atoms. The highest BCUT2D eigenvalue weighted by Crippen LogP contribution is 2.38. The summed E-state index contributed by atoms with van der Waals surface area (Å²) in [4.78, 5) is 22.3. The first-order valence-electron chi connectivity index (χ1n) is 10.7. The van der Waals surface area contributed by atoms with Crippen molar-refractivity contribution in [3.05, 3.63) is 76.6 Å². The zero-order valence-corrected chi connectivity index (χ0v) is 19.6. The number of ether oxygens (including phenoxy) is 2. The number of hydrogen-bond donors (Lipinski definition) is 0. The molecule has 0 saturated carbocycles. The Bertz CT molecular complexity index is 1350. The molecule has 2 aromatic carbocycles. The van der Waals surface area contributed by atoms with Crippen LogP contribution in [-0.2, 0) is 12.2 Å². The summed E-state index contributed by atoms with van der Waals surface area (Å²) in [5.41, 5.74) is 4.80. The summed E-state index contributed by atoms with van der Waals surface area (Å²) in [5, 5.41) is 5.18. The van der Waals surface area contributed by atoms with Crippen molar-refractivity contribution in [1.82, 2.24) is 19.6 Å². The zero-order valence-electron chi connectivity index (χ0n) is 18.7. The minimum Gasteiger partial charge on any atom is -0.497 e. The summed E-state index contributed by atoms with van der Waals surface area (Å²) in [5.74, 6) is 2.76. The number of aromatic nitrogens is 4. The number of hydrogen-bond acceptors (Lipinski definition) is 7. The van der Waals surface area contributed by atoms with Gasteiger partial charge in [-0.3, -0.25) is 4.79 Å². The van der Waals surface area contributed by atoms with E-state index in [-0.39, 0.29) is 11.7 Å². The van der Waals surface area contributed by atoms with E-state index in [0.29, 0.717) is 35.1 Å². The Balaban J connectivity index is 1.41. The number of ketones is 1. The Morgan fingerprint density at radius 3 is 2.76 bits per heavy atom. The van der Waals surface area contributed by atoms with Gasteiger partial charge in [0.2, 0.25) is 5.16 Å². The molecule has 0 aliphatic heterocycles. The van der Waals surface area contributed by atoms with E-state index in [9.17, 15) is 4.79 Å². The molecule has 4 aromatic rings. The van der Waals surface area contributed by atoms with Crippen molar-refractivity contribution in [3.8, 4) is 11.5 Å². The van der Waals surface area contributed by atoms with Crippen LogP contribution in [-0.4, -0.2) is 39.6 Å². The lowest BCUT2D eigenvalue weighted by Gasteiger charge is -2.24. The van der Waals surface area contributed by atoms with Crippen LogP contribution in [0.4, 0.5) is 0 Å². The molecule has 0 spiro atoms. The molecule has 1 atom stereocenters. The van der Waals surface area contributed by atoms with Gasteiger partial charge in [0.25, 0.3) is 5.78 Å². The Morgan fingerprint density at radius 1 is 1.09 bits per heavy atom. The molecule has 0 saturated heterocycles. The Kier molecular flexibility index (Phi) is 5.76. The van der Waals surface area contributed by atoms with Gasteiger partial charge in [-0.1, -0.05) is 47.7 Å². The maximum atomic E-state index is 13.0. The predicted octanol–water partition coefficient (Wildman–Crippen LogP) is 4.65. The first kappa shape index (κ1) is 21.5. The molecule has 0 bridgehead atoms. The summed E-state index contributed by atoms with van der Waals surface area (Å²) in [6, 6.07) is 14.1. The lowest BCUT2D eigenvalue weighted by atomic mass is 9.82. The quantitative estimate of drug-likeness (QED) is 0.387. The van der Waals surface area contributed by atoms with E-state index in [1.807, 2.05) is 18.2 Å². The molecule has 0 N–H and O–H groups in total. The van der Waals surface area contributed by atoms with E-state index in [4.69, 9.17) is 14.5 Å². The number of benzene rings is 2. The fourth-order valence-corrected chi connectivity index (χ4v) is 5.02. The van der Waals surface area contributed by atoms with E-state index in [1.165, 1.54) is 11.1 Å². The summed E-state index contributed by atoms with van der Waals surface area (Å²) in [6.45, 7) is 2.08. The average Bonchev–Trinajstić information content (AvgIpc) is 3.23. The van der Waals surface area contributed by atoms with Gasteiger partial charge in [-0.05, 0) is 30.5 Å². The molecule has 1 aliphatic rings. The molecule has 5 rings (SSSR count). The molecular formula is C25H24N4O3S. The largest absolute Gasteiger partial charge is 0.497 e. The van der Waals surface area contributed by atoms with Crippen LogP contribution in [0, 0.1) is 6.92 Å². The monoisotopic (exact) mass is 460 g/mol. The van der Waals surface area contributed by atoms with Crippen LogP contribution in [0.25, 0.3) is 5.78 Å². The number of rotatable bonds is 6. The second-order valence-electron chi connectivity index (χ2n) is 8.15. The number of fused-ring (bicyclic) bond motifs is 2. The van der Waals surface area contributed by atoms with E-state index in [0.717, 1.165) is 22.8 Å². The maximum Gasteiger partial charge on any atom is 0.253 e. The predicted molar refractivity (Wildman–Crippen MR) is 126 cm³/mol. The van der Waals surface area contributed by atoms with Gasteiger partial charge >= 0.3 is 0 Å². The molecule has 8 heteroatoms. The van der Waals surface area contributed by atoms with Gasteiger partial charge in [-0.15, -0.1) is 5.10 Å². The maximum absolute atomic E-state index is 13.0. The topological polar surface area (TPSA) is 78.6 Å². The van der Waals surface area contributed by atoms with Crippen molar-refractivity contribution in [3.63, 3.8) is 0 Å². The standard InChI is InChI=1S/C25H24N4O3S/c1-15-5-4-6-16(9-15)14-33-25-27-24-26-21-10-17(11-22(30)20(21)13-29(24)28-25)19-8-7-18(31-2)12-23(19)32-3/h4-9,12-13,17H,10-11,14H2,1-3H3/t17-/m0/s1. The average molecular weight is 461 g/mol. The molecule has 2 aromatic heterocycles. The van der Waals surface area contributed by atoms with Crippen molar-refractivity contribution in [2.45, 2.75) is 36.6 Å². The van der Waals surface area contributed by atoms with Crippen molar-refractivity contribution < 1.29 is 14.3 Å². The van der Waals surface area contributed by atoms with Gasteiger partial charge in [0.1, 0.15) is 11.5 Å². The highest BCUT2D eigenvalue weighted by molar-refractivity contribution is 7.98. The third-order valence-corrected chi connectivity index (χ3v) is 6.80. The number of thioether (sulfide) groups is 1. The third kappa shape index (κ3) is 4.30. The number of carbonyl (C=O) groups excluding carboxylic acids is 1. The molecule has 0 amide bonds. The van der Waals surface area contributed by atoms with Crippen LogP contribution in [0.2, 0.25) is 0 Å². The second kappa shape index (κ2) is 8.86. The molecular weight excluding hydrogens is 436 g/mol. The first-order chi connectivity index (χ1) is 16.0. The summed E-state index contributed by atoms with van der Waals surface area (Å²) < 4.78 is 12.5. The lowest BCUT2D eigenvalue weighted by molar-refractivity contribution is 0.0962. The van der Waals surface area contributed by atoms with E-state index >= 15 is 0 Å². The van der Waals surface area contributed by atoms with Crippen LogP contribution in [0.1, 0.15) is 45.1 Å². The Labute approximate surface area is 196 Å². The SMILES string of the molecule is COc1ccc([C@@H]2CC(=O)c3cn4nc(SCc5cccc(C)c5)nc4nc3C2)c(OC)c1. The van der Waals surface area contributed by atoms with Crippen molar-refractivity contribution in [2.24, 2.45) is 0 Å². The fourth-order valence-electron chi connectivity index (χ4n) is 4.25. The number of nitrogens with zero attached hydrogens (tertiary/aromatic N) is 4. The van der Waals surface area contributed by atoms with Crippen LogP contribution >= 0.6 is 11.8 Å². The van der Waals surface area contributed by atoms with E-state index in [2.05, 4.69) is 41.3 Å². The summed E-state index contributed by atoms with van der Waals surface area (Å²) in [6.07, 6.45) is 2.80. The minimum atomic E-state index is -0.0149. The van der Waals surface area contributed by atoms with Gasteiger partial charge in [0.05, 0.1) is 25.5 Å². The molecule has 168 valence electrons. The Morgan fingerprint density at radius 2 is 1.97 bits per heavy atom. The minimum absolute atomic E-state index is 0.0149. The number of methoxy groups -OCH3 is 2. The highest BCUT2D eigenvalue weighted by Gasteiger charge is 2.30. The van der Waals surface area contributed by atoms with Gasteiger partial charge in [-0.25, -0.2) is 9.50 Å². The van der Waals surface area contributed by atoms with Gasteiger partial charge < -0.3 is 9.47 Å². The normalized spacial score (nSPS) is 15.5. The van der Waals surface area contributed by atoms with Gasteiger partial charge in [0.15, 0.2) is 5.78 Å². The molecule has 0 unspecified atom stereocenters. The molecule has 0 radical (unpaired) electrons. The second-order valence-corrected chi connectivity index (χ2v) is 9.10. The number of aryl methyl sites for hydroxylation is 1. The number of carbonyl (C=O) groups is 1. The summed E-state index contributed by atoms with van der Waals surface area (Å²) >= 11 is 1.56. The van der Waals surface area contributed by atoms with Crippen LogP contribution in [0.3, 0.4) is 0 Å². The van der Waals surface area contributed by atoms with Gasteiger partial charge in [0, 0.05) is 30.4 Å². The van der Waals surface area contributed by atoms with Crippen molar-refractivity contribution >= 4 is 23.3 Å². The lowest BCUT2D eigenvalue weighted by Crippen LogP contribution is -2.21. The smallest absolute Gasteiger partial charge is 0.253 e.